The van der Waals surface area contributed by atoms with Gasteiger partial charge in [0.15, 0.2) is 5.82 Å². The van der Waals surface area contributed by atoms with Gasteiger partial charge < -0.3 is 9.15 Å². The minimum absolute atomic E-state index is 0.109. The highest BCUT2D eigenvalue weighted by atomic mass is 19.1. The maximum atomic E-state index is 14.0. The molecule has 0 spiro atoms. The van der Waals surface area contributed by atoms with E-state index in [1.807, 2.05) is 30.3 Å². The van der Waals surface area contributed by atoms with Crippen LogP contribution in [0.3, 0.4) is 0 Å². The first-order valence-corrected chi connectivity index (χ1v) is 8.88. The van der Waals surface area contributed by atoms with Crippen LogP contribution in [0.1, 0.15) is 15.9 Å². The zero-order valence-corrected chi connectivity index (χ0v) is 15.4. The summed E-state index contributed by atoms with van der Waals surface area (Å²) >= 11 is 0. The van der Waals surface area contributed by atoms with Crippen molar-refractivity contribution in [2.24, 2.45) is 0 Å². The molecule has 30 heavy (non-hydrogen) atoms. The second-order valence-electron chi connectivity index (χ2n) is 6.32. The molecule has 0 saturated carbocycles. The van der Waals surface area contributed by atoms with Gasteiger partial charge in [-0.2, -0.15) is 4.68 Å². The number of carbonyl (C=O) groups excluding carboxylic acids is 1. The van der Waals surface area contributed by atoms with Gasteiger partial charge in [-0.25, -0.2) is 18.4 Å². The molecule has 6 nitrogen and oxygen atoms in total. The topological polar surface area (TPSA) is 74.3 Å². The fraction of sp³-hybridized carbons (Fsp3) is 0.0455. The number of hydrogen-bond acceptors (Lipinski definition) is 5. The maximum Gasteiger partial charge on any atom is 0.442 e. The van der Waals surface area contributed by atoms with Gasteiger partial charge in [0.05, 0.1) is 5.56 Å². The Morgan fingerprint density at radius 2 is 1.80 bits per heavy atom. The predicted octanol–water partition coefficient (Wildman–Crippen LogP) is 4.13. The van der Waals surface area contributed by atoms with Gasteiger partial charge in [-0.3, -0.25) is 0 Å². The van der Waals surface area contributed by atoms with Crippen molar-refractivity contribution in [2.45, 2.75) is 6.61 Å². The Labute approximate surface area is 169 Å². The van der Waals surface area contributed by atoms with Gasteiger partial charge >= 0.3 is 11.7 Å². The standard InChI is InChI=1S/C22H14F2N2O4/c23-17-9-10-19(18(24)12-17)26-22(28)30-20(25-26)15-7-4-8-16(11-15)21(27)29-13-14-5-2-1-3-6-14/h1-12H,13H2. The van der Waals surface area contributed by atoms with Crippen molar-refractivity contribution in [3.63, 3.8) is 0 Å². The van der Waals surface area contributed by atoms with E-state index in [1.54, 1.807) is 18.2 Å². The average molecular weight is 408 g/mol. The van der Waals surface area contributed by atoms with Crippen molar-refractivity contribution in [1.82, 2.24) is 9.78 Å². The fourth-order valence-corrected chi connectivity index (χ4v) is 2.79. The highest BCUT2D eigenvalue weighted by molar-refractivity contribution is 5.90. The van der Waals surface area contributed by atoms with Gasteiger partial charge in [-0.15, -0.1) is 5.10 Å². The third-order valence-electron chi connectivity index (χ3n) is 4.24. The van der Waals surface area contributed by atoms with E-state index in [-0.39, 0.29) is 23.7 Å². The third kappa shape index (κ3) is 4.02. The van der Waals surface area contributed by atoms with Crippen LogP contribution < -0.4 is 5.76 Å². The smallest absolute Gasteiger partial charge is 0.442 e. The quantitative estimate of drug-likeness (QED) is 0.464. The zero-order chi connectivity index (χ0) is 21.1. The van der Waals surface area contributed by atoms with Crippen molar-refractivity contribution in [2.75, 3.05) is 0 Å². The van der Waals surface area contributed by atoms with Gasteiger partial charge in [0.2, 0.25) is 5.89 Å². The van der Waals surface area contributed by atoms with Gasteiger partial charge in [0.25, 0.3) is 0 Å². The van der Waals surface area contributed by atoms with Gasteiger partial charge in [0, 0.05) is 11.6 Å². The summed E-state index contributed by atoms with van der Waals surface area (Å²) < 4.78 is 38.2. The van der Waals surface area contributed by atoms with E-state index in [4.69, 9.17) is 9.15 Å². The number of rotatable bonds is 5. The molecule has 1 heterocycles. The van der Waals surface area contributed by atoms with Crippen molar-refractivity contribution < 1.29 is 22.7 Å². The number of esters is 1. The van der Waals surface area contributed by atoms with E-state index in [0.717, 1.165) is 17.7 Å². The summed E-state index contributed by atoms with van der Waals surface area (Å²) in [6.07, 6.45) is 0. The van der Waals surface area contributed by atoms with E-state index in [0.29, 0.717) is 16.3 Å². The van der Waals surface area contributed by atoms with Crippen LogP contribution in [0.5, 0.6) is 0 Å². The SMILES string of the molecule is O=C(OCc1ccccc1)c1cccc(-c2nn(-c3ccc(F)cc3F)c(=O)o2)c1. The molecule has 0 aliphatic rings. The molecular weight excluding hydrogens is 394 g/mol. The molecule has 0 amide bonds. The zero-order valence-electron chi connectivity index (χ0n) is 15.4. The van der Waals surface area contributed by atoms with Gasteiger partial charge in [-0.05, 0) is 35.9 Å². The van der Waals surface area contributed by atoms with Crippen LogP contribution in [-0.2, 0) is 11.3 Å². The molecule has 4 rings (SSSR count). The highest BCUT2D eigenvalue weighted by Gasteiger charge is 2.17. The largest absolute Gasteiger partial charge is 0.457 e. The van der Waals surface area contributed by atoms with Crippen LogP contribution in [0.4, 0.5) is 8.78 Å². The van der Waals surface area contributed by atoms with Crippen LogP contribution in [0.15, 0.2) is 82.0 Å². The van der Waals surface area contributed by atoms with E-state index in [2.05, 4.69) is 5.10 Å². The molecule has 4 aromatic rings. The summed E-state index contributed by atoms with van der Waals surface area (Å²) in [6, 6.07) is 18.1. The lowest BCUT2D eigenvalue weighted by Gasteiger charge is -2.05. The minimum Gasteiger partial charge on any atom is -0.457 e. The summed E-state index contributed by atoms with van der Waals surface area (Å²) in [6.45, 7) is 0.109. The number of carbonyl (C=O) groups is 1. The molecule has 0 atom stereocenters. The third-order valence-corrected chi connectivity index (χ3v) is 4.24. The average Bonchev–Trinajstić information content (AvgIpc) is 3.14. The Bertz CT molecular complexity index is 1270. The van der Waals surface area contributed by atoms with E-state index < -0.39 is 23.4 Å². The second kappa shape index (κ2) is 8.12. The van der Waals surface area contributed by atoms with Crippen molar-refractivity contribution >= 4 is 5.97 Å². The molecule has 1 aromatic heterocycles. The van der Waals surface area contributed by atoms with Crippen LogP contribution in [0, 0.1) is 11.6 Å². The van der Waals surface area contributed by atoms with Gasteiger partial charge in [-0.1, -0.05) is 36.4 Å². The molecule has 150 valence electrons. The van der Waals surface area contributed by atoms with Crippen LogP contribution in [0.25, 0.3) is 17.1 Å². The molecule has 0 bridgehead atoms. The van der Waals surface area contributed by atoms with Crippen molar-refractivity contribution in [1.29, 1.82) is 0 Å². The number of ether oxygens (including phenoxy) is 1. The second-order valence-corrected chi connectivity index (χ2v) is 6.32. The summed E-state index contributed by atoms with van der Waals surface area (Å²) in [4.78, 5) is 24.5. The summed E-state index contributed by atoms with van der Waals surface area (Å²) in [7, 11) is 0. The first kappa shape index (κ1) is 19.3. The molecule has 0 saturated heterocycles. The van der Waals surface area contributed by atoms with Crippen LogP contribution in [-0.4, -0.2) is 15.7 Å². The van der Waals surface area contributed by atoms with Crippen molar-refractivity contribution in [3.8, 4) is 17.1 Å². The Balaban J connectivity index is 1.58. The Morgan fingerprint density at radius 3 is 2.57 bits per heavy atom. The first-order chi connectivity index (χ1) is 14.5. The lowest BCUT2D eigenvalue weighted by Crippen LogP contribution is -2.15. The maximum absolute atomic E-state index is 14.0. The van der Waals surface area contributed by atoms with Crippen LogP contribution in [0.2, 0.25) is 0 Å². The number of benzene rings is 3. The molecule has 0 aliphatic heterocycles. The van der Waals surface area contributed by atoms with E-state index >= 15 is 0 Å². The predicted molar refractivity (Wildman–Crippen MR) is 103 cm³/mol. The minimum atomic E-state index is -0.963. The highest BCUT2D eigenvalue weighted by Crippen LogP contribution is 2.20. The molecule has 0 fully saturated rings. The lowest BCUT2D eigenvalue weighted by atomic mass is 10.1. The summed E-state index contributed by atoms with van der Waals surface area (Å²) in [5.41, 5.74) is 1.14. The Morgan fingerprint density at radius 1 is 1.00 bits per heavy atom. The molecule has 0 N–H and O–H groups in total. The number of hydrogen-bond donors (Lipinski definition) is 0. The monoisotopic (exact) mass is 408 g/mol. The first-order valence-electron chi connectivity index (χ1n) is 8.88. The van der Waals surface area contributed by atoms with E-state index in [1.165, 1.54) is 6.07 Å². The number of aromatic nitrogens is 2. The van der Waals surface area contributed by atoms with Gasteiger partial charge in [0.1, 0.15) is 18.1 Å². The molecule has 8 heteroatoms. The molecule has 0 unspecified atom stereocenters. The van der Waals surface area contributed by atoms with E-state index in [9.17, 15) is 18.4 Å². The van der Waals surface area contributed by atoms with Crippen LogP contribution >= 0.6 is 0 Å². The summed E-state index contributed by atoms with van der Waals surface area (Å²) in [5, 5.41) is 3.96. The number of halogens is 2. The normalized spacial score (nSPS) is 10.7. The Kier molecular flexibility index (Phi) is 5.21. The fourth-order valence-electron chi connectivity index (χ4n) is 2.79. The Hall–Kier alpha value is -4.07. The lowest BCUT2D eigenvalue weighted by molar-refractivity contribution is 0.0473. The molecule has 3 aromatic carbocycles. The molecular formula is C22H14F2N2O4. The number of nitrogens with zero attached hydrogens (tertiary/aromatic N) is 2. The van der Waals surface area contributed by atoms with Crippen molar-refractivity contribution in [3.05, 3.63) is 106 Å². The molecule has 0 radical (unpaired) electrons. The summed E-state index contributed by atoms with van der Waals surface area (Å²) in [5.74, 6) is -3.38. The molecule has 0 aliphatic carbocycles.